The molecular formula is C4H12ClNO3. The third kappa shape index (κ3) is 4.62. The van der Waals surface area contributed by atoms with E-state index in [1.807, 2.05) is 0 Å². The van der Waals surface area contributed by atoms with Crippen molar-refractivity contribution in [3.8, 4) is 0 Å². The highest BCUT2D eigenvalue weighted by molar-refractivity contribution is 5.85. The van der Waals surface area contributed by atoms with Crippen LogP contribution in [0.4, 0.5) is 0 Å². The van der Waals surface area contributed by atoms with Crippen molar-refractivity contribution in [2.75, 3.05) is 13.2 Å². The zero-order chi connectivity index (χ0) is 6.57. The molecule has 0 aliphatic carbocycles. The topological polar surface area (TPSA) is 86.7 Å². The average molecular weight is 158 g/mol. The van der Waals surface area contributed by atoms with Crippen LogP contribution in [0.5, 0.6) is 0 Å². The van der Waals surface area contributed by atoms with E-state index in [0.717, 1.165) is 0 Å². The van der Waals surface area contributed by atoms with Crippen molar-refractivity contribution in [1.29, 1.82) is 0 Å². The van der Waals surface area contributed by atoms with E-state index in [0.29, 0.717) is 0 Å². The van der Waals surface area contributed by atoms with Gasteiger partial charge in [0.2, 0.25) is 0 Å². The van der Waals surface area contributed by atoms with E-state index in [-0.39, 0.29) is 25.6 Å². The van der Waals surface area contributed by atoms with Gasteiger partial charge in [-0.1, -0.05) is 0 Å². The van der Waals surface area contributed by atoms with E-state index >= 15 is 0 Å². The minimum atomic E-state index is -1.12. The summed E-state index contributed by atoms with van der Waals surface area (Å²) >= 11 is 0. The van der Waals surface area contributed by atoms with Gasteiger partial charge in [-0.15, -0.1) is 12.4 Å². The van der Waals surface area contributed by atoms with E-state index in [4.69, 9.17) is 21.1 Å². The zero-order valence-electron chi connectivity index (χ0n) is 4.90. The Morgan fingerprint density at radius 1 is 1.22 bits per heavy atom. The lowest BCUT2D eigenvalue weighted by molar-refractivity contribution is 0.0360. The van der Waals surface area contributed by atoms with E-state index in [1.54, 1.807) is 0 Å². The van der Waals surface area contributed by atoms with Gasteiger partial charge in [0.25, 0.3) is 0 Å². The van der Waals surface area contributed by atoms with Gasteiger partial charge in [0.1, 0.15) is 6.23 Å². The molecule has 9 heavy (non-hydrogen) atoms. The molecule has 1 unspecified atom stereocenters. The Kier molecular flexibility index (Phi) is 8.25. The third-order valence-corrected chi connectivity index (χ3v) is 0.952. The highest BCUT2D eigenvalue weighted by atomic mass is 35.5. The second-order valence-corrected chi connectivity index (χ2v) is 1.62. The van der Waals surface area contributed by atoms with E-state index in [9.17, 15) is 0 Å². The molecule has 0 aromatic rings. The van der Waals surface area contributed by atoms with Crippen LogP contribution < -0.4 is 5.73 Å². The molecule has 0 amide bonds. The number of aliphatic hydroxyl groups is 3. The van der Waals surface area contributed by atoms with Gasteiger partial charge in [-0.05, 0) is 0 Å². The quantitative estimate of drug-likeness (QED) is 0.368. The number of nitrogens with two attached hydrogens (primary N) is 1. The van der Waals surface area contributed by atoms with Crippen molar-refractivity contribution >= 4 is 12.4 Å². The first kappa shape index (κ1) is 11.9. The molecule has 0 saturated heterocycles. The van der Waals surface area contributed by atoms with Crippen LogP contribution >= 0.6 is 12.4 Å². The Morgan fingerprint density at radius 3 is 1.56 bits per heavy atom. The van der Waals surface area contributed by atoms with Crippen LogP contribution in [-0.4, -0.2) is 34.8 Å². The largest absolute Gasteiger partial charge is 0.396 e. The molecule has 0 aromatic carbocycles. The molecule has 58 valence electrons. The molecule has 0 spiro atoms. The van der Waals surface area contributed by atoms with Crippen molar-refractivity contribution in [3.63, 3.8) is 0 Å². The highest BCUT2D eigenvalue weighted by Gasteiger charge is 2.11. The summed E-state index contributed by atoms with van der Waals surface area (Å²) in [6.07, 6.45) is -1.12. The van der Waals surface area contributed by atoms with E-state index in [2.05, 4.69) is 0 Å². The molecule has 0 radical (unpaired) electrons. The fourth-order valence-electron chi connectivity index (χ4n) is 0.274. The Labute approximate surface area is 59.7 Å². The number of aliphatic hydroxyl groups excluding tert-OH is 3. The lowest BCUT2D eigenvalue weighted by Crippen LogP contribution is -2.34. The lowest BCUT2D eigenvalue weighted by Gasteiger charge is -2.12. The number of rotatable bonds is 3. The summed E-state index contributed by atoms with van der Waals surface area (Å²) in [6, 6.07) is 0. The van der Waals surface area contributed by atoms with Crippen LogP contribution in [0.1, 0.15) is 0 Å². The summed E-state index contributed by atoms with van der Waals surface area (Å²) in [5.74, 6) is -0.602. The van der Waals surface area contributed by atoms with Gasteiger partial charge in [0.15, 0.2) is 0 Å². The van der Waals surface area contributed by atoms with Crippen LogP contribution in [0, 0.1) is 5.92 Å². The molecule has 0 rings (SSSR count). The molecule has 0 heterocycles. The van der Waals surface area contributed by atoms with Crippen LogP contribution in [0.2, 0.25) is 0 Å². The minimum Gasteiger partial charge on any atom is -0.396 e. The summed E-state index contributed by atoms with van der Waals surface area (Å²) in [5, 5.41) is 25.1. The second-order valence-electron chi connectivity index (χ2n) is 1.62. The Hall–Kier alpha value is 0.130. The minimum absolute atomic E-state index is 0. The monoisotopic (exact) mass is 157 g/mol. The van der Waals surface area contributed by atoms with Crippen molar-refractivity contribution < 1.29 is 15.3 Å². The molecule has 0 aliphatic heterocycles. The van der Waals surface area contributed by atoms with Crippen LogP contribution in [-0.2, 0) is 0 Å². The standard InChI is InChI=1S/C4H11NO3.ClH/c5-4(8)3(1-6)2-7;/h3-4,6-8H,1-2,5H2;1H. The second kappa shape index (κ2) is 6.25. The third-order valence-electron chi connectivity index (χ3n) is 0.952. The smallest absolute Gasteiger partial charge is 0.109 e. The highest BCUT2D eigenvalue weighted by Crippen LogP contribution is 1.93. The van der Waals surface area contributed by atoms with E-state index < -0.39 is 12.1 Å². The Bertz CT molecular complexity index is 57.8. The van der Waals surface area contributed by atoms with Gasteiger partial charge in [-0.25, -0.2) is 0 Å². The maximum absolute atomic E-state index is 8.47. The molecule has 0 fully saturated rings. The number of halogens is 1. The van der Waals surface area contributed by atoms with E-state index in [1.165, 1.54) is 0 Å². The SMILES string of the molecule is Cl.NC(O)C(CO)CO. The summed E-state index contributed by atoms with van der Waals surface area (Å²) in [7, 11) is 0. The molecule has 5 heteroatoms. The Balaban J connectivity index is 0. The summed E-state index contributed by atoms with van der Waals surface area (Å²) in [4.78, 5) is 0. The van der Waals surface area contributed by atoms with Crippen molar-refractivity contribution in [2.24, 2.45) is 11.7 Å². The normalized spacial score (nSPS) is 13.0. The van der Waals surface area contributed by atoms with Gasteiger partial charge in [0.05, 0.1) is 13.2 Å². The van der Waals surface area contributed by atoms with Crippen LogP contribution in [0.25, 0.3) is 0 Å². The van der Waals surface area contributed by atoms with Gasteiger partial charge < -0.3 is 21.1 Å². The van der Waals surface area contributed by atoms with Gasteiger partial charge in [0, 0.05) is 5.92 Å². The fraction of sp³-hybridized carbons (Fsp3) is 1.00. The van der Waals surface area contributed by atoms with Gasteiger partial charge in [-0.2, -0.15) is 0 Å². The molecule has 0 bridgehead atoms. The Morgan fingerprint density at radius 2 is 1.56 bits per heavy atom. The molecule has 1 atom stereocenters. The molecule has 0 saturated carbocycles. The van der Waals surface area contributed by atoms with Crippen molar-refractivity contribution in [1.82, 2.24) is 0 Å². The fourth-order valence-corrected chi connectivity index (χ4v) is 0.274. The maximum atomic E-state index is 8.47. The molecule has 0 aliphatic rings. The van der Waals surface area contributed by atoms with Gasteiger partial charge in [-0.3, -0.25) is 0 Å². The summed E-state index contributed by atoms with van der Waals surface area (Å²) < 4.78 is 0. The number of hydrogen-bond donors (Lipinski definition) is 4. The predicted molar refractivity (Wildman–Crippen MR) is 35.1 cm³/mol. The van der Waals surface area contributed by atoms with Crippen LogP contribution in [0.3, 0.4) is 0 Å². The molecular weight excluding hydrogens is 146 g/mol. The average Bonchev–Trinajstić information content (AvgIpc) is 1.69. The zero-order valence-corrected chi connectivity index (χ0v) is 5.71. The first-order valence-electron chi connectivity index (χ1n) is 2.37. The first-order chi connectivity index (χ1) is 3.72. The van der Waals surface area contributed by atoms with Gasteiger partial charge >= 0.3 is 0 Å². The molecule has 4 nitrogen and oxygen atoms in total. The molecule has 5 N–H and O–H groups in total. The van der Waals surface area contributed by atoms with Crippen molar-refractivity contribution in [3.05, 3.63) is 0 Å². The maximum Gasteiger partial charge on any atom is 0.109 e. The summed E-state index contributed by atoms with van der Waals surface area (Å²) in [5.41, 5.74) is 4.89. The summed E-state index contributed by atoms with van der Waals surface area (Å²) in [6.45, 7) is -0.567. The first-order valence-corrected chi connectivity index (χ1v) is 2.37. The predicted octanol–water partition coefficient (Wildman–Crippen LogP) is -1.71. The molecule has 0 aromatic heterocycles. The van der Waals surface area contributed by atoms with Crippen molar-refractivity contribution in [2.45, 2.75) is 6.23 Å². The lowest BCUT2D eigenvalue weighted by atomic mass is 10.1. The van der Waals surface area contributed by atoms with Crippen LogP contribution in [0.15, 0.2) is 0 Å². The number of hydrogen-bond acceptors (Lipinski definition) is 4.